The highest BCUT2D eigenvalue weighted by Gasteiger charge is 2.42. The van der Waals surface area contributed by atoms with E-state index in [1.54, 1.807) is 0 Å². The highest BCUT2D eigenvalue weighted by molar-refractivity contribution is 7.52. The number of carboxylic acid groups (broad SMARTS) is 1. The molecule has 1 aliphatic rings. The van der Waals surface area contributed by atoms with Crippen LogP contribution in [-0.4, -0.2) is 97.6 Å². The molecule has 29 heavy (non-hydrogen) atoms. The molecule has 0 radical (unpaired) electrons. The molecular formula is C16H29N2O10P. The summed E-state index contributed by atoms with van der Waals surface area (Å²) in [7, 11) is -4.47. The summed E-state index contributed by atoms with van der Waals surface area (Å²) in [6.07, 6.45) is -5.01. The fourth-order valence-electron chi connectivity index (χ4n) is 2.74. The van der Waals surface area contributed by atoms with E-state index in [0.717, 1.165) is 6.92 Å². The average molecular weight is 440 g/mol. The van der Waals surface area contributed by atoms with E-state index in [9.17, 15) is 39.5 Å². The van der Waals surface area contributed by atoms with Gasteiger partial charge in [-0.2, -0.15) is 0 Å². The Kier molecular flexibility index (Phi) is 8.93. The van der Waals surface area contributed by atoms with Crippen molar-refractivity contribution >= 4 is 19.5 Å². The van der Waals surface area contributed by atoms with Crippen LogP contribution in [0.4, 0.5) is 0 Å². The van der Waals surface area contributed by atoms with E-state index in [1.807, 2.05) is 0 Å². The summed E-state index contributed by atoms with van der Waals surface area (Å²) in [5.41, 5.74) is -1.98. The number of aliphatic carboxylic acids is 1. The van der Waals surface area contributed by atoms with Crippen LogP contribution in [0.3, 0.4) is 0 Å². The van der Waals surface area contributed by atoms with Gasteiger partial charge < -0.3 is 45.6 Å². The van der Waals surface area contributed by atoms with Crippen molar-refractivity contribution in [2.75, 3.05) is 19.4 Å². The summed E-state index contributed by atoms with van der Waals surface area (Å²) in [4.78, 5) is 33.1. The largest absolute Gasteiger partial charge is 0.479 e. The maximum absolute atomic E-state index is 12.2. The first-order chi connectivity index (χ1) is 13.2. The number of rotatable bonds is 11. The number of amides is 1. The molecule has 7 atom stereocenters. The molecule has 0 aromatic heterocycles. The summed E-state index contributed by atoms with van der Waals surface area (Å²) < 4.78 is 17.0. The van der Waals surface area contributed by atoms with Crippen molar-refractivity contribution in [1.29, 1.82) is 0 Å². The fourth-order valence-corrected chi connectivity index (χ4v) is 3.99. The molecular weight excluding hydrogens is 411 g/mol. The van der Waals surface area contributed by atoms with Crippen LogP contribution in [0.15, 0.2) is 12.2 Å². The van der Waals surface area contributed by atoms with Gasteiger partial charge in [-0.1, -0.05) is 6.58 Å². The number of carbonyl (C=O) groups excluding carboxylic acids is 1. The first-order valence-corrected chi connectivity index (χ1v) is 10.6. The Morgan fingerprint density at radius 1 is 1.31 bits per heavy atom. The van der Waals surface area contributed by atoms with Crippen LogP contribution in [0.2, 0.25) is 0 Å². The summed E-state index contributed by atoms with van der Waals surface area (Å²) in [6, 6.07) is -1.64. The van der Waals surface area contributed by atoms with Crippen molar-refractivity contribution in [2.24, 2.45) is 0 Å². The molecule has 0 spiro atoms. The van der Waals surface area contributed by atoms with Crippen molar-refractivity contribution < 1.29 is 49.1 Å². The third kappa shape index (κ3) is 7.12. The first kappa shape index (κ1) is 25.7. The van der Waals surface area contributed by atoms with Gasteiger partial charge in [0.05, 0.1) is 43.7 Å². The predicted molar refractivity (Wildman–Crippen MR) is 100 cm³/mol. The first-order valence-electron chi connectivity index (χ1n) is 8.81. The highest BCUT2D eigenvalue weighted by Crippen LogP contribution is 2.44. The molecule has 2 unspecified atom stereocenters. The van der Waals surface area contributed by atoms with E-state index in [0.29, 0.717) is 0 Å². The molecule has 0 aromatic carbocycles. The lowest BCUT2D eigenvalue weighted by atomic mass is 10.0. The van der Waals surface area contributed by atoms with E-state index < -0.39 is 74.8 Å². The van der Waals surface area contributed by atoms with Gasteiger partial charge in [-0.05, 0) is 20.3 Å². The van der Waals surface area contributed by atoms with Crippen LogP contribution in [0, 0.1) is 0 Å². The molecule has 1 fully saturated rings. The molecule has 8 N–H and O–H groups in total. The van der Waals surface area contributed by atoms with E-state index >= 15 is 0 Å². The minimum Gasteiger partial charge on any atom is -0.479 e. The van der Waals surface area contributed by atoms with Gasteiger partial charge in [-0.15, -0.1) is 0 Å². The van der Waals surface area contributed by atoms with E-state index in [-0.39, 0.29) is 12.0 Å². The highest BCUT2D eigenvalue weighted by atomic mass is 31.2. The fraction of sp³-hybridized carbons (Fsp3) is 0.750. The van der Waals surface area contributed by atoms with Crippen LogP contribution >= 0.6 is 7.60 Å². The van der Waals surface area contributed by atoms with Crippen molar-refractivity contribution in [2.45, 2.75) is 56.2 Å². The smallest absolute Gasteiger partial charge is 0.331 e. The number of hydrogen-bond acceptors (Lipinski definition) is 9. The van der Waals surface area contributed by atoms with Crippen molar-refractivity contribution in [3.05, 3.63) is 12.2 Å². The molecule has 1 saturated heterocycles. The maximum atomic E-state index is 12.2. The normalized spacial score (nSPS) is 29.5. The molecule has 1 amide bonds. The Morgan fingerprint density at radius 2 is 1.86 bits per heavy atom. The summed E-state index contributed by atoms with van der Waals surface area (Å²) in [5.74, 6) is -2.28. The van der Waals surface area contributed by atoms with Gasteiger partial charge in [0.25, 0.3) is 0 Å². The average Bonchev–Trinajstić information content (AvgIpc) is 2.87. The third-order valence-electron chi connectivity index (χ3n) is 4.57. The van der Waals surface area contributed by atoms with Gasteiger partial charge in [0, 0.05) is 11.6 Å². The lowest BCUT2D eigenvalue weighted by Gasteiger charge is -2.28. The zero-order chi connectivity index (χ0) is 22.6. The van der Waals surface area contributed by atoms with Gasteiger partial charge >= 0.3 is 13.6 Å². The Hall–Kier alpha value is -1.37. The second-order valence-electron chi connectivity index (χ2n) is 7.40. The molecule has 12 nitrogen and oxygen atoms in total. The van der Waals surface area contributed by atoms with Crippen LogP contribution in [-0.2, 0) is 18.7 Å². The molecule has 0 aromatic rings. The molecule has 168 valence electrons. The molecule has 0 aliphatic carbocycles. The van der Waals surface area contributed by atoms with Crippen molar-refractivity contribution in [3.63, 3.8) is 0 Å². The maximum Gasteiger partial charge on any atom is 0.331 e. The number of carbonyl (C=O) groups is 2. The summed E-state index contributed by atoms with van der Waals surface area (Å²) in [5, 5.41) is 52.9. The molecule has 1 aliphatic heterocycles. The summed E-state index contributed by atoms with van der Waals surface area (Å²) >= 11 is 0. The molecule has 0 bridgehead atoms. The quantitative estimate of drug-likeness (QED) is 0.125. The second kappa shape index (κ2) is 10.1. The van der Waals surface area contributed by atoms with Gasteiger partial charge in [0.1, 0.15) is 0 Å². The van der Waals surface area contributed by atoms with Gasteiger partial charge in [-0.25, -0.2) is 4.79 Å². The van der Waals surface area contributed by atoms with E-state index in [2.05, 4.69) is 17.2 Å². The van der Waals surface area contributed by atoms with Crippen molar-refractivity contribution in [1.82, 2.24) is 10.6 Å². The zero-order valence-electron chi connectivity index (χ0n) is 16.2. The zero-order valence-corrected chi connectivity index (χ0v) is 17.1. The number of hydrogen-bond donors (Lipinski definition) is 8. The second-order valence-corrected chi connectivity index (χ2v) is 9.30. The molecule has 0 saturated carbocycles. The van der Waals surface area contributed by atoms with Gasteiger partial charge in [0.2, 0.25) is 5.91 Å². The minimum absolute atomic E-state index is 0.0334. The van der Waals surface area contributed by atoms with Crippen LogP contribution in [0.1, 0.15) is 20.3 Å². The Balaban J connectivity index is 2.67. The van der Waals surface area contributed by atoms with E-state index in [1.165, 1.54) is 6.92 Å². The van der Waals surface area contributed by atoms with Crippen LogP contribution in [0.5, 0.6) is 0 Å². The standard InChI is InChI=1S/C16H29N2O10P/c1-8(2)14(23)18-16(3,15(24)25)7-28-29(26,27)6-9(20)4-10-12(21)13(22)11(5-19)17-10/h9-13,17,19-22H,1,4-7H2,2-3H3,(H,18,23)(H,24,25)(H,26,27)/t9-,10-,11-,12-,13-,16?/m1/s1. The lowest BCUT2D eigenvalue weighted by Crippen LogP contribution is -2.55. The topological polar surface area (TPSA) is 206 Å². The molecule has 1 rings (SSSR count). The lowest BCUT2D eigenvalue weighted by molar-refractivity contribution is -0.147. The Bertz CT molecular complexity index is 674. The number of aliphatic hydroxyl groups is 4. The van der Waals surface area contributed by atoms with Crippen LogP contribution < -0.4 is 10.6 Å². The molecule has 13 heteroatoms. The van der Waals surface area contributed by atoms with Crippen molar-refractivity contribution in [3.8, 4) is 0 Å². The van der Waals surface area contributed by atoms with E-state index in [4.69, 9.17) is 9.63 Å². The molecule has 1 heterocycles. The number of aliphatic hydroxyl groups excluding tert-OH is 4. The SMILES string of the molecule is C=C(C)C(=O)NC(C)(COP(=O)(O)C[C@H](O)C[C@H]1N[C@H](CO)[C@@H](O)[C@@H]1O)C(=O)O. The Labute approximate surface area is 167 Å². The monoisotopic (exact) mass is 440 g/mol. The minimum atomic E-state index is -4.47. The predicted octanol–water partition coefficient (Wildman–Crippen LogP) is -2.47. The third-order valence-corrected chi connectivity index (χ3v) is 5.99. The Morgan fingerprint density at radius 3 is 2.31 bits per heavy atom. The van der Waals surface area contributed by atoms with Gasteiger partial charge in [0.15, 0.2) is 5.54 Å². The summed E-state index contributed by atoms with van der Waals surface area (Å²) in [6.45, 7) is 4.52. The number of nitrogens with one attached hydrogen (secondary N) is 2. The van der Waals surface area contributed by atoms with Gasteiger partial charge in [-0.3, -0.25) is 9.36 Å². The van der Waals surface area contributed by atoms with Crippen LogP contribution in [0.25, 0.3) is 0 Å². The number of carboxylic acids is 1.